The molecule has 1 unspecified atom stereocenters. The van der Waals surface area contributed by atoms with E-state index in [1.165, 1.54) is 38.5 Å². The van der Waals surface area contributed by atoms with Gasteiger partial charge in [-0.15, -0.1) is 0 Å². The Balaban J connectivity index is 1.63. The molecular weight excluding hydrogens is 248 g/mol. The van der Waals surface area contributed by atoms with Gasteiger partial charge in [-0.25, -0.2) is 0 Å². The third kappa shape index (κ3) is 2.49. The number of hydrogen-bond donors (Lipinski definition) is 1. The number of piperidine rings is 2. The Morgan fingerprint density at radius 1 is 1.05 bits per heavy atom. The monoisotopic (exact) mass is 278 g/mol. The number of carbonyl (C=O) groups excluding carboxylic acids is 1. The third-order valence-corrected chi connectivity index (χ3v) is 6.38. The Hall–Kier alpha value is -0.570. The Bertz CT molecular complexity index is 344. The topological polar surface area (TPSA) is 32.3 Å². The lowest BCUT2D eigenvalue weighted by atomic mass is 9.74. The number of carbonyl (C=O) groups is 1. The maximum absolute atomic E-state index is 13.0. The lowest BCUT2D eigenvalue weighted by Crippen LogP contribution is -2.54. The molecule has 0 aromatic carbocycles. The van der Waals surface area contributed by atoms with Gasteiger partial charge in [-0.05, 0) is 56.9 Å². The molecule has 0 aromatic rings. The maximum atomic E-state index is 13.0. The second kappa shape index (κ2) is 5.67. The van der Waals surface area contributed by atoms with Crippen LogP contribution in [0.1, 0.15) is 64.7 Å². The fourth-order valence-corrected chi connectivity index (χ4v) is 4.75. The summed E-state index contributed by atoms with van der Waals surface area (Å²) in [6.07, 6.45) is 11.4. The van der Waals surface area contributed by atoms with Crippen LogP contribution in [0, 0.1) is 10.8 Å². The number of hydrogen-bond acceptors (Lipinski definition) is 2. The molecule has 3 nitrogen and oxygen atoms in total. The average molecular weight is 278 g/mol. The molecule has 0 bridgehead atoms. The SMILES string of the molecule is CCC1(C(=O)N2CCC3(CCCC3)CC2)CCCNC1. The molecule has 1 N–H and O–H groups in total. The Labute approximate surface area is 123 Å². The van der Waals surface area contributed by atoms with Crippen LogP contribution < -0.4 is 5.32 Å². The van der Waals surface area contributed by atoms with Crippen molar-refractivity contribution in [3.8, 4) is 0 Å². The second-order valence-electron chi connectivity index (χ2n) is 7.41. The zero-order valence-electron chi connectivity index (χ0n) is 13.0. The highest BCUT2D eigenvalue weighted by Crippen LogP contribution is 2.46. The molecule has 3 heteroatoms. The zero-order chi connectivity index (χ0) is 14.1. The molecule has 114 valence electrons. The molecular formula is C17H30N2O. The van der Waals surface area contributed by atoms with E-state index in [1.807, 2.05) is 0 Å². The van der Waals surface area contributed by atoms with Crippen molar-refractivity contribution in [1.82, 2.24) is 10.2 Å². The van der Waals surface area contributed by atoms with Crippen molar-refractivity contribution in [2.75, 3.05) is 26.2 Å². The highest BCUT2D eigenvalue weighted by molar-refractivity contribution is 5.83. The first kappa shape index (κ1) is 14.4. The van der Waals surface area contributed by atoms with Gasteiger partial charge in [0, 0.05) is 19.6 Å². The summed E-state index contributed by atoms with van der Waals surface area (Å²) in [4.78, 5) is 15.2. The van der Waals surface area contributed by atoms with E-state index in [4.69, 9.17) is 0 Å². The van der Waals surface area contributed by atoms with Crippen LogP contribution in [0.2, 0.25) is 0 Å². The van der Waals surface area contributed by atoms with Crippen LogP contribution in [0.25, 0.3) is 0 Å². The zero-order valence-corrected chi connectivity index (χ0v) is 13.0. The molecule has 2 saturated heterocycles. The number of nitrogens with one attached hydrogen (secondary N) is 1. The van der Waals surface area contributed by atoms with E-state index in [0.29, 0.717) is 11.3 Å². The third-order valence-electron chi connectivity index (χ3n) is 6.38. The summed E-state index contributed by atoms with van der Waals surface area (Å²) in [5.41, 5.74) is 0.513. The Kier molecular flexibility index (Phi) is 4.07. The lowest BCUT2D eigenvalue weighted by Gasteiger charge is -2.44. The van der Waals surface area contributed by atoms with Gasteiger partial charge in [0.15, 0.2) is 0 Å². The van der Waals surface area contributed by atoms with E-state index in [-0.39, 0.29) is 5.41 Å². The largest absolute Gasteiger partial charge is 0.342 e. The van der Waals surface area contributed by atoms with Gasteiger partial charge < -0.3 is 10.2 Å². The van der Waals surface area contributed by atoms with Crippen LogP contribution >= 0.6 is 0 Å². The molecule has 20 heavy (non-hydrogen) atoms. The molecule has 2 aliphatic heterocycles. The molecule has 0 radical (unpaired) electrons. The molecule has 1 amide bonds. The van der Waals surface area contributed by atoms with Crippen molar-refractivity contribution in [1.29, 1.82) is 0 Å². The minimum Gasteiger partial charge on any atom is -0.342 e. The first-order valence-electron chi connectivity index (χ1n) is 8.70. The predicted octanol–water partition coefficient (Wildman–Crippen LogP) is 2.95. The fraction of sp³-hybridized carbons (Fsp3) is 0.941. The van der Waals surface area contributed by atoms with Gasteiger partial charge in [0.05, 0.1) is 5.41 Å². The van der Waals surface area contributed by atoms with Gasteiger partial charge in [0.2, 0.25) is 5.91 Å². The summed E-state index contributed by atoms with van der Waals surface area (Å²) >= 11 is 0. The molecule has 3 fully saturated rings. The van der Waals surface area contributed by atoms with Gasteiger partial charge in [0.1, 0.15) is 0 Å². The van der Waals surface area contributed by atoms with E-state index in [1.54, 1.807) is 0 Å². The Morgan fingerprint density at radius 2 is 1.75 bits per heavy atom. The number of nitrogens with zero attached hydrogens (tertiary/aromatic N) is 1. The Morgan fingerprint density at radius 3 is 2.30 bits per heavy atom. The normalized spacial score (nSPS) is 33.5. The van der Waals surface area contributed by atoms with Crippen molar-refractivity contribution in [2.45, 2.75) is 64.7 Å². The van der Waals surface area contributed by atoms with Crippen molar-refractivity contribution in [3.05, 3.63) is 0 Å². The highest BCUT2D eigenvalue weighted by atomic mass is 16.2. The van der Waals surface area contributed by atoms with Gasteiger partial charge in [0.25, 0.3) is 0 Å². The van der Waals surface area contributed by atoms with Crippen LogP contribution in [-0.4, -0.2) is 37.0 Å². The van der Waals surface area contributed by atoms with Crippen LogP contribution in [0.4, 0.5) is 0 Å². The van der Waals surface area contributed by atoms with Crippen LogP contribution in [0.15, 0.2) is 0 Å². The molecule has 3 aliphatic rings. The summed E-state index contributed by atoms with van der Waals surface area (Å²) in [6, 6.07) is 0. The summed E-state index contributed by atoms with van der Waals surface area (Å²) in [6.45, 7) is 6.19. The molecule has 1 aliphatic carbocycles. The fourth-order valence-electron chi connectivity index (χ4n) is 4.75. The molecule has 0 aromatic heterocycles. The van der Waals surface area contributed by atoms with E-state index >= 15 is 0 Å². The van der Waals surface area contributed by atoms with Gasteiger partial charge in [-0.2, -0.15) is 0 Å². The standard InChI is InChI=1S/C17H30N2O/c1-2-17(8-5-11-18-14-17)15(20)19-12-9-16(10-13-19)6-3-4-7-16/h18H,2-14H2,1H3. The smallest absolute Gasteiger partial charge is 0.230 e. The number of amides is 1. The van der Waals surface area contributed by atoms with Crippen LogP contribution in [-0.2, 0) is 4.79 Å². The summed E-state index contributed by atoms with van der Waals surface area (Å²) in [7, 11) is 0. The van der Waals surface area contributed by atoms with E-state index in [9.17, 15) is 4.79 Å². The van der Waals surface area contributed by atoms with Crippen LogP contribution in [0.5, 0.6) is 0 Å². The van der Waals surface area contributed by atoms with E-state index in [0.717, 1.165) is 45.4 Å². The van der Waals surface area contributed by atoms with Crippen molar-refractivity contribution >= 4 is 5.91 Å². The van der Waals surface area contributed by atoms with Gasteiger partial charge in [-0.1, -0.05) is 19.8 Å². The molecule has 2 heterocycles. The molecule has 1 atom stereocenters. The highest BCUT2D eigenvalue weighted by Gasteiger charge is 2.44. The summed E-state index contributed by atoms with van der Waals surface area (Å²) in [5.74, 6) is 0.444. The quantitative estimate of drug-likeness (QED) is 0.842. The lowest BCUT2D eigenvalue weighted by molar-refractivity contribution is -0.146. The average Bonchev–Trinajstić information content (AvgIpc) is 2.96. The molecule has 1 spiro atoms. The van der Waals surface area contributed by atoms with Crippen molar-refractivity contribution in [2.24, 2.45) is 10.8 Å². The molecule has 3 rings (SSSR count). The first-order valence-corrected chi connectivity index (χ1v) is 8.70. The van der Waals surface area contributed by atoms with Crippen molar-refractivity contribution < 1.29 is 4.79 Å². The minimum atomic E-state index is -0.0988. The summed E-state index contributed by atoms with van der Waals surface area (Å²) < 4.78 is 0. The van der Waals surface area contributed by atoms with E-state index < -0.39 is 0 Å². The predicted molar refractivity (Wildman–Crippen MR) is 81.5 cm³/mol. The molecule has 1 saturated carbocycles. The summed E-state index contributed by atoms with van der Waals surface area (Å²) in [5, 5.41) is 3.45. The second-order valence-corrected chi connectivity index (χ2v) is 7.41. The van der Waals surface area contributed by atoms with Gasteiger partial charge in [-0.3, -0.25) is 4.79 Å². The van der Waals surface area contributed by atoms with Crippen LogP contribution in [0.3, 0.4) is 0 Å². The number of rotatable bonds is 2. The first-order chi connectivity index (χ1) is 9.70. The minimum absolute atomic E-state index is 0.0988. The number of likely N-dealkylation sites (tertiary alicyclic amines) is 1. The van der Waals surface area contributed by atoms with E-state index in [2.05, 4.69) is 17.1 Å². The van der Waals surface area contributed by atoms with Crippen molar-refractivity contribution in [3.63, 3.8) is 0 Å². The maximum Gasteiger partial charge on any atom is 0.230 e. The van der Waals surface area contributed by atoms with Gasteiger partial charge >= 0.3 is 0 Å².